The van der Waals surface area contributed by atoms with Crippen LogP contribution in [0.25, 0.3) is 0 Å². The van der Waals surface area contributed by atoms with Gasteiger partial charge in [-0.05, 0) is 22.0 Å². The molecule has 1 aliphatic rings. The lowest BCUT2D eigenvalue weighted by atomic mass is 10.2. The van der Waals surface area contributed by atoms with Crippen molar-refractivity contribution < 1.29 is 13.9 Å². The van der Waals surface area contributed by atoms with Crippen molar-refractivity contribution in [2.45, 2.75) is 0 Å². The van der Waals surface area contributed by atoms with Gasteiger partial charge in [0.05, 0.1) is 29.1 Å². The van der Waals surface area contributed by atoms with Crippen LogP contribution in [-0.4, -0.2) is 57.8 Å². The Kier molecular flexibility index (Phi) is 5.96. The van der Waals surface area contributed by atoms with Gasteiger partial charge in [0.2, 0.25) is 6.41 Å². The van der Waals surface area contributed by atoms with E-state index in [0.717, 1.165) is 39.3 Å². The molecule has 2 rings (SSSR count). The van der Waals surface area contributed by atoms with Crippen LogP contribution in [0, 0.1) is 5.82 Å². The summed E-state index contributed by atoms with van der Waals surface area (Å²) in [6.07, 6.45) is 0.779. The summed E-state index contributed by atoms with van der Waals surface area (Å²) in [5.41, 5.74) is 1.25. The predicted molar refractivity (Wildman–Crippen MR) is 84.3 cm³/mol. The molecule has 1 saturated heterocycles. The molecule has 0 saturated carbocycles. The molecule has 7 heteroatoms. The maximum Gasteiger partial charge on any atom is 0.214 e. The molecule has 1 heterocycles. The summed E-state index contributed by atoms with van der Waals surface area (Å²) in [6, 6.07) is 3.00. The van der Waals surface area contributed by atoms with E-state index >= 15 is 0 Å². The number of morpholine rings is 1. The van der Waals surface area contributed by atoms with Crippen molar-refractivity contribution in [3.8, 4) is 0 Å². The molecular formula is C14H19BrFN3O2. The highest BCUT2D eigenvalue weighted by Crippen LogP contribution is 2.31. The third-order valence-corrected chi connectivity index (χ3v) is 4.11. The lowest BCUT2D eigenvalue weighted by Crippen LogP contribution is -2.41. The fraction of sp³-hybridized carbons (Fsp3) is 0.500. The molecule has 1 aromatic carbocycles. The summed E-state index contributed by atoms with van der Waals surface area (Å²) in [6.45, 7) is 4.52. The molecule has 0 aromatic heterocycles. The summed E-state index contributed by atoms with van der Waals surface area (Å²) in [7, 11) is 1.71. The van der Waals surface area contributed by atoms with Crippen molar-refractivity contribution in [1.29, 1.82) is 0 Å². The second-order valence-electron chi connectivity index (χ2n) is 4.79. The zero-order chi connectivity index (χ0) is 15.2. The lowest BCUT2D eigenvalue weighted by Gasteiger charge is -2.29. The highest BCUT2D eigenvalue weighted by molar-refractivity contribution is 9.10. The van der Waals surface area contributed by atoms with E-state index < -0.39 is 0 Å². The Balaban J connectivity index is 2.09. The Morgan fingerprint density at radius 3 is 2.81 bits per heavy atom. The summed E-state index contributed by atoms with van der Waals surface area (Å²) in [4.78, 5) is 15.2. The van der Waals surface area contributed by atoms with Gasteiger partial charge >= 0.3 is 0 Å². The second-order valence-corrected chi connectivity index (χ2v) is 5.64. The predicted octanol–water partition coefficient (Wildman–Crippen LogP) is 1.92. The quantitative estimate of drug-likeness (QED) is 0.788. The van der Waals surface area contributed by atoms with Crippen LogP contribution < -0.4 is 10.2 Å². The number of carbonyl (C=O) groups excluding carboxylic acids is 1. The molecule has 0 spiro atoms. The molecule has 21 heavy (non-hydrogen) atoms. The Morgan fingerprint density at radius 2 is 2.19 bits per heavy atom. The van der Waals surface area contributed by atoms with Crippen LogP contribution in [0.1, 0.15) is 0 Å². The number of carbonyl (C=O) groups is 1. The summed E-state index contributed by atoms with van der Waals surface area (Å²) < 4.78 is 19.2. The third kappa shape index (κ3) is 4.15. The largest absolute Gasteiger partial charge is 0.386 e. The van der Waals surface area contributed by atoms with Crippen molar-refractivity contribution >= 4 is 33.7 Å². The average molecular weight is 360 g/mol. The minimum Gasteiger partial charge on any atom is -0.386 e. The second kappa shape index (κ2) is 7.72. The van der Waals surface area contributed by atoms with E-state index in [0.29, 0.717) is 22.4 Å². The van der Waals surface area contributed by atoms with Crippen molar-refractivity contribution in [2.24, 2.45) is 0 Å². The zero-order valence-corrected chi connectivity index (χ0v) is 13.5. The Bertz CT molecular complexity index is 495. The van der Waals surface area contributed by atoms with E-state index in [1.807, 2.05) is 0 Å². The van der Waals surface area contributed by atoms with Gasteiger partial charge in [-0.3, -0.25) is 9.69 Å². The van der Waals surface area contributed by atoms with Gasteiger partial charge in [-0.15, -0.1) is 0 Å². The molecule has 1 aromatic rings. The highest BCUT2D eigenvalue weighted by Gasteiger charge is 2.16. The van der Waals surface area contributed by atoms with Crippen LogP contribution in [0.3, 0.4) is 0 Å². The van der Waals surface area contributed by atoms with E-state index in [9.17, 15) is 9.18 Å². The maximum absolute atomic E-state index is 13.6. The minimum atomic E-state index is -0.359. The van der Waals surface area contributed by atoms with Crippen LogP contribution >= 0.6 is 15.9 Å². The van der Waals surface area contributed by atoms with Gasteiger partial charge in [-0.2, -0.15) is 0 Å². The van der Waals surface area contributed by atoms with Crippen LogP contribution in [0.5, 0.6) is 0 Å². The number of nitrogens with zero attached hydrogens (tertiary/aromatic N) is 2. The van der Waals surface area contributed by atoms with Crippen molar-refractivity contribution in [3.05, 3.63) is 22.4 Å². The molecule has 116 valence electrons. The van der Waals surface area contributed by atoms with E-state index in [1.165, 1.54) is 6.07 Å². The minimum absolute atomic E-state index is 0.342. The van der Waals surface area contributed by atoms with Crippen molar-refractivity contribution in [1.82, 2.24) is 4.90 Å². The molecule has 0 unspecified atom stereocenters. The molecule has 0 radical (unpaired) electrons. The molecule has 0 aliphatic carbocycles. The molecular weight excluding hydrogens is 341 g/mol. The fourth-order valence-electron chi connectivity index (χ4n) is 2.28. The van der Waals surface area contributed by atoms with Crippen LogP contribution in [-0.2, 0) is 9.53 Å². The number of hydrogen-bond donors (Lipinski definition) is 1. The molecule has 1 aliphatic heterocycles. The van der Waals surface area contributed by atoms with Gasteiger partial charge in [0, 0.05) is 39.3 Å². The average Bonchev–Trinajstić information content (AvgIpc) is 2.52. The number of amides is 1. The standard InChI is InChI=1S/C14H19BrFN3O2/c1-17-13-9-12(16)11(15)8-14(13)19(10-20)3-2-18-4-6-21-7-5-18/h8-10,17H,2-7H2,1H3. The van der Waals surface area contributed by atoms with Crippen LogP contribution in [0.2, 0.25) is 0 Å². The topological polar surface area (TPSA) is 44.8 Å². The fourth-order valence-corrected chi connectivity index (χ4v) is 2.61. The number of ether oxygens (including phenoxy) is 1. The number of nitrogens with one attached hydrogen (secondary N) is 1. The van der Waals surface area contributed by atoms with Gasteiger partial charge in [0.25, 0.3) is 0 Å². The highest BCUT2D eigenvalue weighted by atomic mass is 79.9. The summed E-state index contributed by atoms with van der Waals surface area (Å²) >= 11 is 3.16. The molecule has 1 N–H and O–H groups in total. The van der Waals surface area contributed by atoms with Gasteiger partial charge in [-0.25, -0.2) is 4.39 Å². The van der Waals surface area contributed by atoms with Crippen molar-refractivity contribution in [2.75, 3.05) is 56.7 Å². The number of benzene rings is 1. The van der Waals surface area contributed by atoms with E-state index in [1.54, 1.807) is 18.0 Å². The number of hydrogen-bond acceptors (Lipinski definition) is 4. The van der Waals surface area contributed by atoms with Crippen molar-refractivity contribution in [3.63, 3.8) is 0 Å². The monoisotopic (exact) mass is 359 g/mol. The first kappa shape index (κ1) is 16.2. The first-order chi connectivity index (χ1) is 10.2. The van der Waals surface area contributed by atoms with E-state index in [2.05, 4.69) is 26.1 Å². The van der Waals surface area contributed by atoms with E-state index in [-0.39, 0.29) is 5.82 Å². The molecule has 1 amide bonds. The lowest BCUT2D eigenvalue weighted by molar-refractivity contribution is -0.107. The molecule has 0 bridgehead atoms. The van der Waals surface area contributed by atoms with Gasteiger partial charge < -0.3 is 15.0 Å². The summed E-state index contributed by atoms with van der Waals surface area (Å²) in [5, 5.41) is 2.92. The SMILES string of the molecule is CNc1cc(F)c(Br)cc1N(C=O)CCN1CCOCC1. The van der Waals surface area contributed by atoms with Gasteiger partial charge in [0.1, 0.15) is 5.82 Å². The Hall–Kier alpha value is -1.18. The summed E-state index contributed by atoms with van der Waals surface area (Å²) in [5.74, 6) is -0.359. The van der Waals surface area contributed by atoms with Crippen LogP contribution in [0.15, 0.2) is 16.6 Å². The number of anilines is 2. The molecule has 1 fully saturated rings. The third-order valence-electron chi connectivity index (χ3n) is 3.51. The Labute approximate surface area is 132 Å². The molecule has 5 nitrogen and oxygen atoms in total. The van der Waals surface area contributed by atoms with Crippen LogP contribution in [0.4, 0.5) is 15.8 Å². The first-order valence-electron chi connectivity index (χ1n) is 6.84. The smallest absolute Gasteiger partial charge is 0.214 e. The molecule has 0 atom stereocenters. The maximum atomic E-state index is 13.6. The Morgan fingerprint density at radius 1 is 1.48 bits per heavy atom. The normalized spacial score (nSPS) is 15.8. The van der Waals surface area contributed by atoms with Gasteiger partial charge in [-0.1, -0.05) is 0 Å². The zero-order valence-electron chi connectivity index (χ0n) is 11.9. The first-order valence-corrected chi connectivity index (χ1v) is 7.64. The van der Waals surface area contributed by atoms with E-state index in [4.69, 9.17) is 4.74 Å². The number of halogens is 2. The van der Waals surface area contributed by atoms with Gasteiger partial charge in [0.15, 0.2) is 0 Å². The number of rotatable bonds is 6.